The zero-order chi connectivity index (χ0) is 12.9. The van der Waals surface area contributed by atoms with Crippen LogP contribution in [0.4, 0.5) is 0 Å². The predicted octanol–water partition coefficient (Wildman–Crippen LogP) is 0.847. The Bertz CT molecular complexity index is 438. The lowest BCUT2D eigenvalue weighted by atomic mass is 10.1. The fourth-order valence-corrected chi connectivity index (χ4v) is 2.57. The predicted molar refractivity (Wildman–Crippen MR) is 67.8 cm³/mol. The van der Waals surface area contributed by atoms with Gasteiger partial charge in [0.25, 0.3) is 10.2 Å². The van der Waals surface area contributed by atoms with E-state index in [1.165, 1.54) is 0 Å². The molecule has 0 bridgehead atoms. The number of aromatic nitrogens is 1. The molecule has 5 nitrogen and oxygen atoms in total. The largest absolute Gasteiger partial charge is 0.277 e. The molecule has 0 atom stereocenters. The smallest absolute Gasteiger partial charge is 0.265 e. The summed E-state index contributed by atoms with van der Waals surface area (Å²) in [5.74, 6) is 0. The zero-order valence-corrected chi connectivity index (χ0v) is 11.2. The van der Waals surface area contributed by atoms with Gasteiger partial charge in [-0.05, 0) is 44.9 Å². The van der Waals surface area contributed by atoms with Gasteiger partial charge in [-0.3, -0.25) is 4.98 Å². The highest BCUT2D eigenvalue weighted by atomic mass is 32.2. The Balaban J connectivity index is 2.41. The molecule has 1 aromatic rings. The molecule has 6 heteroatoms. The Morgan fingerprint density at radius 1 is 1.24 bits per heavy atom. The summed E-state index contributed by atoms with van der Waals surface area (Å²) in [6.45, 7) is 5.77. The minimum Gasteiger partial charge on any atom is -0.265 e. The summed E-state index contributed by atoms with van der Waals surface area (Å²) in [7, 11) is -3.43. The molecule has 96 valence electrons. The van der Waals surface area contributed by atoms with Gasteiger partial charge in [-0.15, -0.1) is 0 Å². The normalized spacial score (nSPS) is 12.6. The highest BCUT2D eigenvalue weighted by molar-refractivity contribution is 7.87. The highest BCUT2D eigenvalue weighted by Crippen LogP contribution is 2.01. The molecule has 0 aliphatic heterocycles. The van der Waals surface area contributed by atoms with Crippen molar-refractivity contribution in [1.82, 2.24) is 14.4 Å². The molecule has 1 heterocycles. The second-order valence-corrected chi connectivity index (χ2v) is 6.35. The van der Waals surface area contributed by atoms with Crippen LogP contribution < -0.4 is 9.44 Å². The lowest BCUT2D eigenvalue weighted by molar-refractivity contribution is 0.484. The molecular weight excluding hydrogens is 238 g/mol. The Kier molecular flexibility index (Phi) is 4.62. The van der Waals surface area contributed by atoms with E-state index in [2.05, 4.69) is 14.4 Å². The van der Waals surface area contributed by atoms with E-state index >= 15 is 0 Å². The van der Waals surface area contributed by atoms with Crippen molar-refractivity contribution in [2.24, 2.45) is 0 Å². The Morgan fingerprint density at radius 2 is 1.82 bits per heavy atom. The maximum atomic E-state index is 11.6. The van der Waals surface area contributed by atoms with Crippen LogP contribution in [0.25, 0.3) is 0 Å². The maximum Gasteiger partial charge on any atom is 0.277 e. The van der Waals surface area contributed by atoms with Crippen LogP contribution in [-0.4, -0.2) is 25.5 Å². The molecule has 0 radical (unpaired) electrons. The molecule has 0 aliphatic carbocycles. The summed E-state index contributed by atoms with van der Waals surface area (Å²) in [4.78, 5) is 3.90. The molecule has 1 aromatic heterocycles. The monoisotopic (exact) mass is 257 g/mol. The van der Waals surface area contributed by atoms with Gasteiger partial charge in [0.2, 0.25) is 0 Å². The summed E-state index contributed by atoms with van der Waals surface area (Å²) in [6.07, 6.45) is 4.03. The van der Waals surface area contributed by atoms with Crippen LogP contribution in [-0.2, 0) is 16.6 Å². The Labute approximate surface area is 103 Å². The summed E-state index contributed by atoms with van der Waals surface area (Å²) in [6, 6.07) is 3.73. The first-order chi connectivity index (χ1) is 7.79. The highest BCUT2D eigenvalue weighted by Gasteiger charge is 2.18. The van der Waals surface area contributed by atoms with Gasteiger partial charge in [0.05, 0.1) is 0 Å². The number of pyridine rings is 1. The zero-order valence-electron chi connectivity index (χ0n) is 10.4. The maximum absolute atomic E-state index is 11.6. The van der Waals surface area contributed by atoms with Crippen LogP contribution in [0.5, 0.6) is 0 Å². The van der Waals surface area contributed by atoms with E-state index in [9.17, 15) is 8.42 Å². The van der Waals surface area contributed by atoms with Crippen LogP contribution in [0, 0.1) is 0 Å². The van der Waals surface area contributed by atoms with E-state index in [1.807, 2.05) is 12.1 Å². The SMILES string of the molecule is CC(C)(C)NS(=O)(=O)NCCc1ccncc1. The van der Waals surface area contributed by atoms with Gasteiger partial charge in [-0.25, -0.2) is 4.72 Å². The summed E-state index contributed by atoms with van der Waals surface area (Å²) in [5.41, 5.74) is 0.584. The van der Waals surface area contributed by atoms with Crippen molar-refractivity contribution in [2.45, 2.75) is 32.7 Å². The third-order valence-corrected chi connectivity index (χ3v) is 3.36. The van der Waals surface area contributed by atoms with Gasteiger partial charge in [-0.1, -0.05) is 0 Å². The average molecular weight is 257 g/mol. The van der Waals surface area contributed by atoms with Crippen LogP contribution >= 0.6 is 0 Å². The van der Waals surface area contributed by atoms with Gasteiger partial charge in [-0.2, -0.15) is 13.1 Å². The number of hydrogen-bond acceptors (Lipinski definition) is 3. The van der Waals surface area contributed by atoms with Crippen molar-refractivity contribution in [3.05, 3.63) is 30.1 Å². The summed E-state index contributed by atoms with van der Waals surface area (Å²) >= 11 is 0. The third-order valence-electron chi connectivity index (χ3n) is 1.90. The lowest BCUT2D eigenvalue weighted by Gasteiger charge is -2.20. The third kappa shape index (κ3) is 6.35. The van der Waals surface area contributed by atoms with Gasteiger partial charge < -0.3 is 0 Å². The first kappa shape index (κ1) is 14.1. The van der Waals surface area contributed by atoms with Gasteiger partial charge in [0.15, 0.2) is 0 Å². The molecule has 1 rings (SSSR count). The lowest BCUT2D eigenvalue weighted by Crippen LogP contribution is -2.47. The van der Waals surface area contributed by atoms with E-state index < -0.39 is 15.7 Å². The van der Waals surface area contributed by atoms with E-state index in [1.54, 1.807) is 33.2 Å². The van der Waals surface area contributed by atoms with Gasteiger partial charge >= 0.3 is 0 Å². The van der Waals surface area contributed by atoms with Crippen LogP contribution in [0.15, 0.2) is 24.5 Å². The molecular formula is C11H19N3O2S. The fourth-order valence-electron chi connectivity index (χ4n) is 1.32. The number of rotatable bonds is 5. The first-order valence-electron chi connectivity index (χ1n) is 5.46. The molecule has 0 spiro atoms. The van der Waals surface area contributed by atoms with Gasteiger partial charge in [0.1, 0.15) is 0 Å². The number of nitrogens with zero attached hydrogens (tertiary/aromatic N) is 1. The quantitative estimate of drug-likeness (QED) is 0.821. The molecule has 0 saturated heterocycles. The van der Waals surface area contributed by atoms with E-state index in [4.69, 9.17) is 0 Å². The topological polar surface area (TPSA) is 71.1 Å². The number of hydrogen-bond donors (Lipinski definition) is 2. The summed E-state index contributed by atoms with van der Waals surface area (Å²) < 4.78 is 28.2. The van der Waals surface area contributed by atoms with Gasteiger partial charge in [0, 0.05) is 24.5 Å². The van der Waals surface area contributed by atoms with Crippen LogP contribution in [0.2, 0.25) is 0 Å². The second kappa shape index (κ2) is 5.57. The van der Waals surface area contributed by atoms with Crippen molar-refractivity contribution in [3.63, 3.8) is 0 Å². The van der Waals surface area contributed by atoms with Crippen molar-refractivity contribution in [3.8, 4) is 0 Å². The van der Waals surface area contributed by atoms with Crippen LogP contribution in [0.3, 0.4) is 0 Å². The second-order valence-electron chi connectivity index (χ2n) is 4.86. The first-order valence-corrected chi connectivity index (χ1v) is 6.94. The molecule has 0 aromatic carbocycles. The molecule has 0 saturated carbocycles. The molecule has 17 heavy (non-hydrogen) atoms. The van der Waals surface area contributed by atoms with E-state index in [-0.39, 0.29) is 0 Å². The van der Waals surface area contributed by atoms with E-state index in [0.29, 0.717) is 13.0 Å². The minimum atomic E-state index is -3.43. The van der Waals surface area contributed by atoms with E-state index in [0.717, 1.165) is 5.56 Å². The van der Waals surface area contributed by atoms with Crippen molar-refractivity contribution >= 4 is 10.2 Å². The van der Waals surface area contributed by atoms with Crippen LogP contribution in [0.1, 0.15) is 26.3 Å². The minimum absolute atomic E-state index is 0.370. The van der Waals surface area contributed by atoms with Crippen molar-refractivity contribution < 1.29 is 8.42 Å². The Morgan fingerprint density at radius 3 is 2.35 bits per heavy atom. The fraction of sp³-hybridized carbons (Fsp3) is 0.545. The average Bonchev–Trinajstić information content (AvgIpc) is 2.15. The van der Waals surface area contributed by atoms with Crippen molar-refractivity contribution in [2.75, 3.05) is 6.54 Å². The Hall–Kier alpha value is -0.980. The molecule has 0 unspecified atom stereocenters. The molecule has 0 amide bonds. The molecule has 2 N–H and O–H groups in total. The standard InChI is InChI=1S/C11H19N3O2S/c1-11(2,3)14-17(15,16)13-9-6-10-4-7-12-8-5-10/h4-5,7-8,13-14H,6,9H2,1-3H3. The summed E-state index contributed by atoms with van der Waals surface area (Å²) in [5, 5.41) is 0. The van der Waals surface area contributed by atoms with Crippen molar-refractivity contribution in [1.29, 1.82) is 0 Å². The number of nitrogens with one attached hydrogen (secondary N) is 2. The molecule has 0 fully saturated rings. The molecule has 0 aliphatic rings.